The second-order valence-electron chi connectivity index (χ2n) is 4.28. The van der Waals surface area contributed by atoms with Gasteiger partial charge in [-0.25, -0.2) is 0 Å². The molecular formula is C11H22N2S. The van der Waals surface area contributed by atoms with Crippen LogP contribution < -0.4 is 5.32 Å². The van der Waals surface area contributed by atoms with Gasteiger partial charge < -0.3 is 5.32 Å². The van der Waals surface area contributed by atoms with Gasteiger partial charge in [0, 0.05) is 37.5 Å². The number of hydrogen-bond acceptors (Lipinski definition) is 3. The van der Waals surface area contributed by atoms with Crippen LogP contribution in [0.2, 0.25) is 0 Å². The number of rotatable bonds is 3. The molecule has 2 nitrogen and oxygen atoms in total. The molecule has 0 aromatic heterocycles. The van der Waals surface area contributed by atoms with Gasteiger partial charge in [0.1, 0.15) is 0 Å². The standard InChI is InChI=1S/C11H22N2S/c1-2-14-11-5-3-4-10(11)13-8-6-12-7-9-13/h10-12H,2-9H2,1H3. The summed E-state index contributed by atoms with van der Waals surface area (Å²) in [6.07, 6.45) is 4.34. The molecule has 2 rings (SSSR count). The third-order valence-electron chi connectivity index (χ3n) is 3.42. The summed E-state index contributed by atoms with van der Waals surface area (Å²) in [5.74, 6) is 1.28. The van der Waals surface area contributed by atoms with Crippen molar-refractivity contribution in [1.29, 1.82) is 0 Å². The van der Waals surface area contributed by atoms with E-state index in [-0.39, 0.29) is 0 Å². The van der Waals surface area contributed by atoms with Crippen molar-refractivity contribution >= 4 is 11.8 Å². The Morgan fingerprint density at radius 3 is 2.79 bits per heavy atom. The van der Waals surface area contributed by atoms with Crippen LogP contribution in [0.3, 0.4) is 0 Å². The Hall–Kier alpha value is 0.270. The summed E-state index contributed by atoms with van der Waals surface area (Å²) < 4.78 is 0. The van der Waals surface area contributed by atoms with Crippen molar-refractivity contribution < 1.29 is 0 Å². The molecule has 82 valence electrons. The molecule has 1 saturated carbocycles. The number of hydrogen-bond donors (Lipinski definition) is 1. The third kappa shape index (κ3) is 2.44. The molecule has 1 aliphatic carbocycles. The van der Waals surface area contributed by atoms with E-state index in [0.29, 0.717) is 0 Å². The van der Waals surface area contributed by atoms with Gasteiger partial charge in [-0.2, -0.15) is 11.8 Å². The van der Waals surface area contributed by atoms with E-state index in [9.17, 15) is 0 Å². The molecule has 3 heteroatoms. The van der Waals surface area contributed by atoms with Crippen LogP contribution in [0, 0.1) is 0 Å². The minimum Gasteiger partial charge on any atom is -0.314 e. The van der Waals surface area contributed by atoms with Crippen LogP contribution in [-0.2, 0) is 0 Å². The second kappa shape index (κ2) is 5.38. The molecule has 2 aliphatic rings. The summed E-state index contributed by atoms with van der Waals surface area (Å²) in [5.41, 5.74) is 0. The highest BCUT2D eigenvalue weighted by atomic mass is 32.2. The molecule has 2 atom stereocenters. The molecule has 2 fully saturated rings. The minimum atomic E-state index is 0.891. The lowest BCUT2D eigenvalue weighted by molar-refractivity contribution is 0.179. The van der Waals surface area contributed by atoms with Gasteiger partial charge in [-0.05, 0) is 18.6 Å². The Labute approximate surface area is 91.8 Å². The van der Waals surface area contributed by atoms with Crippen molar-refractivity contribution in [2.24, 2.45) is 0 Å². The Kier molecular flexibility index (Phi) is 4.14. The SMILES string of the molecule is CCSC1CCCC1N1CCNCC1. The number of nitrogens with zero attached hydrogens (tertiary/aromatic N) is 1. The zero-order valence-electron chi connectivity index (χ0n) is 9.17. The Morgan fingerprint density at radius 1 is 1.29 bits per heavy atom. The Morgan fingerprint density at radius 2 is 2.07 bits per heavy atom. The van der Waals surface area contributed by atoms with Gasteiger partial charge >= 0.3 is 0 Å². The summed E-state index contributed by atoms with van der Waals surface area (Å²) in [6.45, 7) is 7.22. The quantitative estimate of drug-likeness (QED) is 0.768. The first-order chi connectivity index (χ1) is 6.92. The van der Waals surface area contributed by atoms with Crippen LogP contribution >= 0.6 is 11.8 Å². The summed E-state index contributed by atoms with van der Waals surface area (Å²) in [6, 6.07) is 0.891. The smallest absolute Gasteiger partial charge is 0.0215 e. The summed E-state index contributed by atoms with van der Waals surface area (Å²) in [5, 5.41) is 4.37. The maximum absolute atomic E-state index is 3.44. The number of piperazine rings is 1. The molecule has 0 aromatic carbocycles. The van der Waals surface area contributed by atoms with Gasteiger partial charge in [-0.3, -0.25) is 4.90 Å². The van der Waals surface area contributed by atoms with Crippen LogP contribution in [-0.4, -0.2) is 48.1 Å². The van der Waals surface area contributed by atoms with Gasteiger partial charge in [0.25, 0.3) is 0 Å². The van der Waals surface area contributed by atoms with E-state index >= 15 is 0 Å². The van der Waals surface area contributed by atoms with Crippen molar-refractivity contribution in [2.75, 3.05) is 31.9 Å². The molecule has 1 saturated heterocycles. The fourth-order valence-corrected chi connectivity index (χ4v) is 4.04. The van der Waals surface area contributed by atoms with Crippen molar-refractivity contribution in [3.63, 3.8) is 0 Å². The lowest BCUT2D eigenvalue weighted by Gasteiger charge is -2.35. The summed E-state index contributed by atoms with van der Waals surface area (Å²) in [4.78, 5) is 2.72. The fourth-order valence-electron chi connectivity index (χ4n) is 2.75. The second-order valence-corrected chi connectivity index (χ2v) is 5.79. The van der Waals surface area contributed by atoms with E-state index in [0.717, 1.165) is 11.3 Å². The van der Waals surface area contributed by atoms with E-state index in [2.05, 4.69) is 28.9 Å². The normalized spacial score (nSPS) is 34.9. The summed E-state index contributed by atoms with van der Waals surface area (Å²) in [7, 11) is 0. The van der Waals surface area contributed by atoms with Gasteiger partial charge in [0.2, 0.25) is 0 Å². The van der Waals surface area contributed by atoms with Crippen LogP contribution in [0.5, 0.6) is 0 Å². The molecule has 0 aromatic rings. The predicted molar refractivity (Wildman–Crippen MR) is 64.0 cm³/mol. The van der Waals surface area contributed by atoms with Crippen LogP contribution in [0.1, 0.15) is 26.2 Å². The Balaban J connectivity index is 1.87. The third-order valence-corrected chi connectivity index (χ3v) is 4.73. The van der Waals surface area contributed by atoms with Gasteiger partial charge in [0.05, 0.1) is 0 Å². The van der Waals surface area contributed by atoms with E-state index in [1.807, 2.05) is 0 Å². The first-order valence-electron chi connectivity index (χ1n) is 5.98. The molecule has 2 unspecified atom stereocenters. The topological polar surface area (TPSA) is 15.3 Å². The van der Waals surface area contributed by atoms with E-state index in [1.165, 1.54) is 51.2 Å². The van der Waals surface area contributed by atoms with E-state index in [1.54, 1.807) is 0 Å². The lowest BCUT2D eigenvalue weighted by atomic mass is 10.2. The maximum Gasteiger partial charge on any atom is 0.0215 e. The highest BCUT2D eigenvalue weighted by Crippen LogP contribution is 2.33. The van der Waals surface area contributed by atoms with E-state index < -0.39 is 0 Å². The van der Waals surface area contributed by atoms with Gasteiger partial charge in [-0.1, -0.05) is 13.3 Å². The highest BCUT2D eigenvalue weighted by Gasteiger charge is 2.32. The average molecular weight is 214 g/mol. The number of thioether (sulfide) groups is 1. The van der Waals surface area contributed by atoms with Crippen molar-refractivity contribution in [1.82, 2.24) is 10.2 Å². The first kappa shape index (κ1) is 10.8. The molecule has 0 amide bonds. The van der Waals surface area contributed by atoms with Crippen molar-refractivity contribution in [3.8, 4) is 0 Å². The molecule has 1 heterocycles. The molecule has 1 aliphatic heterocycles. The first-order valence-corrected chi connectivity index (χ1v) is 7.03. The minimum absolute atomic E-state index is 0.891. The van der Waals surface area contributed by atoms with E-state index in [4.69, 9.17) is 0 Å². The zero-order valence-corrected chi connectivity index (χ0v) is 9.98. The monoisotopic (exact) mass is 214 g/mol. The van der Waals surface area contributed by atoms with Gasteiger partial charge in [0.15, 0.2) is 0 Å². The van der Waals surface area contributed by atoms with Crippen molar-refractivity contribution in [2.45, 2.75) is 37.5 Å². The molecule has 0 radical (unpaired) electrons. The zero-order chi connectivity index (χ0) is 9.80. The molecule has 1 N–H and O–H groups in total. The van der Waals surface area contributed by atoms with Crippen LogP contribution in [0.15, 0.2) is 0 Å². The number of nitrogens with one attached hydrogen (secondary N) is 1. The lowest BCUT2D eigenvalue weighted by Crippen LogP contribution is -2.50. The Bertz CT molecular complexity index is 169. The summed E-state index contributed by atoms with van der Waals surface area (Å²) >= 11 is 2.18. The largest absolute Gasteiger partial charge is 0.314 e. The molecule has 0 spiro atoms. The molecule has 0 bridgehead atoms. The van der Waals surface area contributed by atoms with Crippen LogP contribution in [0.25, 0.3) is 0 Å². The molecular weight excluding hydrogens is 192 g/mol. The van der Waals surface area contributed by atoms with Gasteiger partial charge in [-0.15, -0.1) is 0 Å². The average Bonchev–Trinajstić information content (AvgIpc) is 2.68. The fraction of sp³-hybridized carbons (Fsp3) is 1.00. The highest BCUT2D eigenvalue weighted by molar-refractivity contribution is 7.99. The predicted octanol–water partition coefficient (Wildman–Crippen LogP) is 1.57. The van der Waals surface area contributed by atoms with Crippen molar-refractivity contribution in [3.05, 3.63) is 0 Å². The maximum atomic E-state index is 3.44. The molecule has 14 heavy (non-hydrogen) atoms. The van der Waals surface area contributed by atoms with Crippen LogP contribution in [0.4, 0.5) is 0 Å².